The number of fused-ring (bicyclic) bond motifs is 1. The molecule has 0 aliphatic carbocycles. The molecule has 1 aliphatic rings. The Balaban J connectivity index is 1.28. The minimum absolute atomic E-state index is 0.174. The van der Waals surface area contributed by atoms with Gasteiger partial charge in [-0.3, -0.25) is 9.88 Å². The normalized spacial score (nSPS) is 16.1. The number of anilines is 3. The first-order valence-electron chi connectivity index (χ1n) is 12.3. The first kappa shape index (κ1) is 25.4. The lowest BCUT2D eigenvalue weighted by molar-refractivity contribution is 0.280. The third-order valence-corrected chi connectivity index (χ3v) is 6.62. The zero-order chi connectivity index (χ0) is 26.6. The van der Waals surface area contributed by atoms with Gasteiger partial charge in [0.15, 0.2) is 17.3 Å². The van der Waals surface area contributed by atoms with Crippen molar-refractivity contribution >= 4 is 34.6 Å². The van der Waals surface area contributed by atoms with E-state index in [1.807, 2.05) is 18.2 Å². The minimum Gasteiger partial charge on any atom is -0.493 e. The molecule has 12 nitrogen and oxygen atoms in total. The van der Waals surface area contributed by atoms with Gasteiger partial charge in [-0.15, -0.1) is 5.10 Å². The van der Waals surface area contributed by atoms with Crippen LogP contribution in [-0.4, -0.2) is 93.5 Å². The summed E-state index contributed by atoms with van der Waals surface area (Å²) in [6.07, 6.45) is 8.60. The van der Waals surface area contributed by atoms with Gasteiger partial charge in [0.2, 0.25) is 11.9 Å². The van der Waals surface area contributed by atoms with E-state index in [4.69, 9.17) is 15.2 Å². The number of ether oxygens (including phenoxy) is 2. The smallest absolute Gasteiger partial charge is 0.248 e. The summed E-state index contributed by atoms with van der Waals surface area (Å²) in [5, 5.41) is 8.36. The van der Waals surface area contributed by atoms with E-state index in [1.165, 1.54) is 17.4 Å². The van der Waals surface area contributed by atoms with Crippen LogP contribution >= 0.6 is 0 Å². The number of likely N-dealkylation sites (N-methyl/N-ethyl adjacent to an activating group) is 1. The second-order valence-corrected chi connectivity index (χ2v) is 9.29. The van der Waals surface area contributed by atoms with Crippen molar-refractivity contribution in [1.82, 2.24) is 39.5 Å². The summed E-state index contributed by atoms with van der Waals surface area (Å²) in [7, 11) is 7.43. The van der Waals surface area contributed by atoms with Crippen molar-refractivity contribution in [1.29, 1.82) is 0 Å². The minimum atomic E-state index is 0.174. The second-order valence-electron chi connectivity index (χ2n) is 9.29. The molecule has 1 aliphatic heterocycles. The number of rotatable bonds is 9. The summed E-state index contributed by atoms with van der Waals surface area (Å²) in [5.74, 6) is 2.09. The van der Waals surface area contributed by atoms with Gasteiger partial charge in [-0.25, -0.2) is 9.97 Å². The van der Waals surface area contributed by atoms with Crippen LogP contribution in [0.2, 0.25) is 0 Å². The van der Waals surface area contributed by atoms with Crippen LogP contribution in [-0.2, 0) is 0 Å². The fourth-order valence-electron chi connectivity index (χ4n) is 4.50. The third-order valence-electron chi connectivity index (χ3n) is 6.62. The van der Waals surface area contributed by atoms with Crippen LogP contribution < -0.4 is 20.5 Å². The van der Waals surface area contributed by atoms with Crippen LogP contribution in [0.5, 0.6) is 11.5 Å². The summed E-state index contributed by atoms with van der Waals surface area (Å²) in [4.78, 5) is 22.4. The maximum atomic E-state index is 6.20. The van der Waals surface area contributed by atoms with E-state index >= 15 is 0 Å². The van der Waals surface area contributed by atoms with Gasteiger partial charge in [-0.2, -0.15) is 9.67 Å². The molecule has 0 radical (unpaired) electrons. The van der Waals surface area contributed by atoms with Crippen LogP contribution in [0.15, 0.2) is 42.9 Å². The number of hydrogen-bond acceptors (Lipinski definition) is 11. The maximum absolute atomic E-state index is 6.20. The molecule has 1 fully saturated rings. The predicted molar refractivity (Wildman–Crippen MR) is 147 cm³/mol. The Hall–Kier alpha value is -4.29. The molecule has 198 valence electrons. The highest BCUT2D eigenvalue weighted by molar-refractivity contribution is 5.88. The van der Waals surface area contributed by atoms with E-state index in [9.17, 15) is 0 Å². The molecule has 0 amide bonds. The Morgan fingerprint density at radius 1 is 1.13 bits per heavy atom. The number of methoxy groups -OCH3 is 2. The lowest BCUT2D eigenvalue weighted by Gasteiger charge is -2.19. The Morgan fingerprint density at radius 2 is 1.95 bits per heavy atom. The van der Waals surface area contributed by atoms with Crippen molar-refractivity contribution in [3.05, 3.63) is 48.6 Å². The van der Waals surface area contributed by atoms with E-state index in [-0.39, 0.29) is 5.95 Å². The summed E-state index contributed by atoms with van der Waals surface area (Å²) >= 11 is 0. The second kappa shape index (κ2) is 11.0. The lowest BCUT2D eigenvalue weighted by Crippen LogP contribution is -2.31. The van der Waals surface area contributed by atoms with Crippen molar-refractivity contribution in [3.8, 4) is 17.3 Å². The first-order valence-corrected chi connectivity index (χ1v) is 12.3. The van der Waals surface area contributed by atoms with Gasteiger partial charge < -0.3 is 25.4 Å². The highest BCUT2D eigenvalue weighted by atomic mass is 16.5. The number of pyridine rings is 1. The van der Waals surface area contributed by atoms with E-state index in [0.29, 0.717) is 40.2 Å². The summed E-state index contributed by atoms with van der Waals surface area (Å²) in [6.45, 7) is 3.14. The third kappa shape index (κ3) is 5.36. The van der Waals surface area contributed by atoms with Gasteiger partial charge in [0.25, 0.3) is 0 Å². The summed E-state index contributed by atoms with van der Waals surface area (Å²) in [6, 6.07) is 8.08. The van der Waals surface area contributed by atoms with Crippen LogP contribution in [0.25, 0.3) is 22.8 Å². The molecule has 12 heteroatoms. The average molecular weight is 517 g/mol. The molecular formula is C26H32N10O2. The number of likely N-dealkylation sites (tertiary alicyclic amines) is 1. The molecular weight excluding hydrogens is 484 g/mol. The zero-order valence-corrected chi connectivity index (χ0v) is 22.0. The number of nitrogens with zero attached hydrogens (tertiary/aromatic N) is 8. The van der Waals surface area contributed by atoms with E-state index in [2.05, 4.69) is 60.3 Å². The Kier molecular flexibility index (Phi) is 7.33. The fraction of sp³-hybridized carbons (Fsp3) is 0.346. The predicted octanol–water partition coefficient (Wildman–Crippen LogP) is 2.60. The molecule has 4 heterocycles. The topological polar surface area (TPSA) is 132 Å². The quantitative estimate of drug-likeness (QED) is 0.340. The van der Waals surface area contributed by atoms with E-state index in [1.54, 1.807) is 32.5 Å². The molecule has 0 spiro atoms. The molecule has 38 heavy (non-hydrogen) atoms. The summed E-state index contributed by atoms with van der Waals surface area (Å²) in [5.41, 5.74) is 8.49. The van der Waals surface area contributed by atoms with Crippen LogP contribution in [0, 0.1) is 0 Å². The highest BCUT2D eigenvalue weighted by Crippen LogP contribution is 2.33. The van der Waals surface area contributed by atoms with Crippen molar-refractivity contribution < 1.29 is 9.47 Å². The highest BCUT2D eigenvalue weighted by Gasteiger charge is 2.22. The van der Waals surface area contributed by atoms with Crippen LogP contribution in [0.3, 0.4) is 0 Å². The van der Waals surface area contributed by atoms with Crippen LogP contribution in [0.1, 0.15) is 12.1 Å². The molecule has 3 aromatic heterocycles. The van der Waals surface area contributed by atoms with Gasteiger partial charge in [-0.05, 0) is 44.8 Å². The van der Waals surface area contributed by atoms with E-state index < -0.39 is 0 Å². The largest absolute Gasteiger partial charge is 0.493 e. The molecule has 3 N–H and O–H groups in total. The molecule has 4 aromatic rings. The molecule has 1 atom stereocenters. The SMILES string of the molecule is COc1cc2ncnc(-n3nc(Nc4ccc(/C=C/CN5CCC(N(C)C)C5)nc4)nc3N)c2cc1OC. The number of benzene rings is 1. The maximum Gasteiger partial charge on any atom is 0.248 e. The number of aromatic nitrogens is 6. The Labute approximate surface area is 221 Å². The van der Waals surface area contributed by atoms with Gasteiger partial charge >= 0.3 is 0 Å². The number of hydrogen-bond donors (Lipinski definition) is 2. The standard InChI is InChI=1S/C26H32N10O2/c1-34(2)19-9-11-35(15-19)10-5-6-17-7-8-18(14-28-17)31-26-32-25(27)36(33-26)24-20-12-22(37-3)23(38-4)13-21(20)29-16-30-24/h5-8,12-14,16,19H,9-11,15H2,1-4H3,(H3,27,31,32,33)/b6-5+. The zero-order valence-electron chi connectivity index (χ0n) is 22.0. The van der Waals surface area contributed by atoms with Crippen molar-refractivity contribution in [2.45, 2.75) is 12.5 Å². The van der Waals surface area contributed by atoms with Crippen molar-refractivity contribution in [2.75, 3.05) is 59.0 Å². The number of nitrogens with one attached hydrogen (secondary N) is 1. The molecule has 5 rings (SSSR count). The van der Waals surface area contributed by atoms with Gasteiger partial charge in [0.1, 0.15) is 6.33 Å². The lowest BCUT2D eigenvalue weighted by atomic mass is 10.2. The van der Waals surface area contributed by atoms with Gasteiger partial charge in [0, 0.05) is 37.1 Å². The first-order chi connectivity index (χ1) is 18.4. The molecule has 1 unspecified atom stereocenters. The average Bonchev–Trinajstić information content (AvgIpc) is 3.55. The Morgan fingerprint density at radius 3 is 2.66 bits per heavy atom. The number of nitrogen functional groups attached to an aromatic ring is 1. The molecule has 0 bridgehead atoms. The van der Waals surface area contributed by atoms with Gasteiger partial charge in [0.05, 0.1) is 37.3 Å². The van der Waals surface area contributed by atoms with Gasteiger partial charge in [-0.1, -0.05) is 6.08 Å². The fourth-order valence-corrected chi connectivity index (χ4v) is 4.50. The number of nitrogens with two attached hydrogens (primary N) is 1. The monoisotopic (exact) mass is 516 g/mol. The molecule has 0 saturated carbocycles. The Bertz CT molecular complexity index is 1430. The molecule has 1 saturated heterocycles. The van der Waals surface area contributed by atoms with E-state index in [0.717, 1.165) is 31.0 Å². The van der Waals surface area contributed by atoms with Crippen LogP contribution in [0.4, 0.5) is 17.6 Å². The van der Waals surface area contributed by atoms with Crippen molar-refractivity contribution in [3.63, 3.8) is 0 Å². The molecule has 1 aromatic carbocycles. The summed E-state index contributed by atoms with van der Waals surface area (Å²) < 4.78 is 12.3. The van der Waals surface area contributed by atoms with Crippen molar-refractivity contribution in [2.24, 2.45) is 0 Å².